The minimum Gasteiger partial charge on any atom is -0.334 e. The van der Waals surface area contributed by atoms with Gasteiger partial charge in [0.15, 0.2) is 0 Å². The fourth-order valence-electron chi connectivity index (χ4n) is 2.73. The SMILES string of the molecule is CC(=O)Nc1ccc(Nc2ncnc(Nc3cccc(C)c3C)c2[N+](=O)[O-])cc1. The maximum Gasteiger partial charge on any atom is 0.353 e. The number of carbonyl (C=O) groups is 1. The zero-order chi connectivity index (χ0) is 21.0. The maximum absolute atomic E-state index is 11.7. The predicted octanol–water partition coefficient (Wildman–Crippen LogP) is 4.45. The molecule has 0 atom stereocenters. The first-order valence-electron chi connectivity index (χ1n) is 8.82. The second kappa shape index (κ2) is 8.34. The second-order valence-electron chi connectivity index (χ2n) is 6.43. The number of nitrogens with zero attached hydrogens (tertiary/aromatic N) is 3. The van der Waals surface area contributed by atoms with Crippen LogP contribution in [-0.4, -0.2) is 20.8 Å². The van der Waals surface area contributed by atoms with E-state index < -0.39 is 4.92 Å². The molecule has 0 bridgehead atoms. The molecule has 0 spiro atoms. The zero-order valence-corrected chi connectivity index (χ0v) is 16.2. The molecule has 0 unspecified atom stereocenters. The number of nitro groups is 1. The van der Waals surface area contributed by atoms with Crippen molar-refractivity contribution in [3.05, 3.63) is 70.0 Å². The molecule has 9 heteroatoms. The summed E-state index contributed by atoms with van der Waals surface area (Å²) in [7, 11) is 0. The smallest absolute Gasteiger partial charge is 0.334 e. The molecule has 148 valence electrons. The maximum atomic E-state index is 11.7. The molecule has 0 aliphatic carbocycles. The van der Waals surface area contributed by atoms with Gasteiger partial charge in [0.25, 0.3) is 0 Å². The van der Waals surface area contributed by atoms with E-state index >= 15 is 0 Å². The second-order valence-corrected chi connectivity index (χ2v) is 6.43. The molecule has 0 saturated carbocycles. The van der Waals surface area contributed by atoms with Crippen LogP contribution in [0.4, 0.5) is 34.4 Å². The van der Waals surface area contributed by atoms with Crippen molar-refractivity contribution >= 4 is 40.3 Å². The van der Waals surface area contributed by atoms with E-state index in [1.807, 2.05) is 32.0 Å². The van der Waals surface area contributed by atoms with Crippen LogP contribution in [0.1, 0.15) is 18.1 Å². The van der Waals surface area contributed by atoms with Crippen molar-refractivity contribution in [2.45, 2.75) is 20.8 Å². The summed E-state index contributed by atoms with van der Waals surface area (Å²) in [4.78, 5) is 30.4. The van der Waals surface area contributed by atoms with E-state index in [9.17, 15) is 14.9 Å². The van der Waals surface area contributed by atoms with Gasteiger partial charge < -0.3 is 16.0 Å². The average molecular weight is 392 g/mol. The summed E-state index contributed by atoms with van der Waals surface area (Å²) >= 11 is 0. The summed E-state index contributed by atoms with van der Waals surface area (Å²) in [5, 5.41) is 20.4. The van der Waals surface area contributed by atoms with Crippen LogP contribution in [-0.2, 0) is 4.79 Å². The van der Waals surface area contributed by atoms with E-state index in [0.29, 0.717) is 11.4 Å². The van der Waals surface area contributed by atoms with Crippen molar-refractivity contribution in [3.8, 4) is 0 Å². The Labute approximate surface area is 167 Å². The number of hydrogen-bond donors (Lipinski definition) is 3. The molecule has 9 nitrogen and oxygen atoms in total. The van der Waals surface area contributed by atoms with E-state index in [0.717, 1.165) is 16.8 Å². The standard InChI is InChI=1S/C20H20N6O3/c1-12-5-4-6-17(13(12)2)25-20-18(26(28)29)19(21-11-22-20)24-16-9-7-15(8-10-16)23-14(3)27/h4-11H,1-3H3,(H,23,27)(H2,21,22,24,25). The third kappa shape index (κ3) is 4.64. The third-order valence-corrected chi connectivity index (χ3v) is 4.33. The highest BCUT2D eigenvalue weighted by atomic mass is 16.6. The lowest BCUT2D eigenvalue weighted by Gasteiger charge is -2.13. The number of aromatic nitrogens is 2. The van der Waals surface area contributed by atoms with Gasteiger partial charge in [-0.1, -0.05) is 12.1 Å². The van der Waals surface area contributed by atoms with Crippen molar-refractivity contribution < 1.29 is 9.72 Å². The lowest BCUT2D eigenvalue weighted by atomic mass is 10.1. The summed E-state index contributed by atoms with van der Waals surface area (Å²) in [5.41, 5.74) is 3.71. The van der Waals surface area contributed by atoms with Crippen molar-refractivity contribution in [2.24, 2.45) is 0 Å². The molecule has 29 heavy (non-hydrogen) atoms. The Morgan fingerprint density at radius 2 is 1.59 bits per heavy atom. The lowest BCUT2D eigenvalue weighted by molar-refractivity contribution is -0.383. The van der Waals surface area contributed by atoms with Crippen LogP contribution in [0.15, 0.2) is 48.8 Å². The van der Waals surface area contributed by atoms with Crippen LogP contribution in [0.25, 0.3) is 0 Å². The minimum absolute atomic E-state index is 0.0603. The molecule has 0 saturated heterocycles. The normalized spacial score (nSPS) is 10.3. The Hall–Kier alpha value is -4.01. The van der Waals surface area contributed by atoms with Crippen molar-refractivity contribution in [3.63, 3.8) is 0 Å². The first kappa shape index (κ1) is 19.7. The molecular weight excluding hydrogens is 372 g/mol. The highest BCUT2D eigenvalue weighted by molar-refractivity contribution is 5.89. The van der Waals surface area contributed by atoms with Gasteiger partial charge in [0.1, 0.15) is 6.33 Å². The number of benzene rings is 2. The summed E-state index contributed by atoms with van der Waals surface area (Å²) < 4.78 is 0. The fourth-order valence-corrected chi connectivity index (χ4v) is 2.73. The minimum atomic E-state index is -0.526. The number of carbonyl (C=O) groups excluding carboxylic acids is 1. The molecule has 1 amide bonds. The number of nitrogens with one attached hydrogen (secondary N) is 3. The number of anilines is 5. The molecule has 3 N–H and O–H groups in total. The van der Waals surface area contributed by atoms with Crippen molar-refractivity contribution in [2.75, 3.05) is 16.0 Å². The monoisotopic (exact) mass is 392 g/mol. The van der Waals surface area contributed by atoms with Crippen molar-refractivity contribution in [1.82, 2.24) is 9.97 Å². The molecule has 1 aromatic heterocycles. The van der Waals surface area contributed by atoms with E-state index in [-0.39, 0.29) is 23.2 Å². The first-order valence-corrected chi connectivity index (χ1v) is 8.82. The van der Waals surface area contributed by atoms with Gasteiger partial charge in [-0.05, 0) is 55.3 Å². The topological polar surface area (TPSA) is 122 Å². The van der Waals surface area contributed by atoms with Gasteiger partial charge in [-0.2, -0.15) is 0 Å². The Bertz CT molecular complexity index is 1070. The Morgan fingerprint density at radius 3 is 2.21 bits per heavy atom. The van der Waals surface area contributed by atoms with Gasteiger partial charge in [-0.3, -0.25) is 14.9 Å². The number of amides is 1. The summed E-state index contributed by atoms with van der Waals surface area (Å²) in [6, 6.07) is 12.4. The molecular formula is C20H20N6O3. The summed E-state index contributed by atoms with van der Waals surface area (Å²) in [6.07, 6.45) is 1.26. The molecule has 1 heterocycles. The summed E-state index contributed by atoms with van der Waals surface area (Å²) in [6.45, 7) is 5.31. The van der Waals surface area contributed by atoms with Gasteiger partial charge in [0, 0.05) is 24.0 Å². The van der Waals surface area contributed by atoms with E-state index in [2.05, 4.69) is 25.9 Å². The van der Waals surface area contributed by atoms with Gasteiger partial charge in [0.2, 0.25) is 17.5 Å². The van der Waals surface area contributed by atoms with Crippen LogP contribution in [0.5, 0.6) is 0 Å². The highest BCUT2D eigenvalue weighted by Crippen LogP contribution is 2.34. The molecule has 3 rings (SSSR count). The zero-order valence-electron chi connectivity index (χ0n) is 16.2. The summed E-state index contributed by atoms with van der Waals surface area (Å²) in [5.74, 6) is -0.0274. The largest absolute Gasteiger partial charge is 0.353 e. The van der Waals surface area contributed by atoms with Crippen LogP contribution < -0.4 is 16.0 Å². The fraction of sp³-hybridized carbons (Fsp3) is 0.150. The van der Waals surface area contributed by atoms with Gasteiger partial charge in [-0.25, -0.2) is 9.97 Å². The van der Waals surface area contributed by atoms with E-state index in [1.54, 1.807) is 24.3 Å². The van der Waals surface area contributed by atoms with Crippen molar-refractivity contribution in [1.29, 1.82) is 0 Å². The van der Waals surface area contributed by atoms with Crippen LogP contribution in [0, 0.1) is 24.0 Å². The van der Waals surface area contributed by atoms with Gasteiger partial charge >= 0.3 is 5.69 Å². The first-order chi connectivity index (χ1) is 13.8. The highest BCUT2D eigenvalue weighted by Gasteiger charge is 2.23. The molecule has 0 radical (unpaired) electrons. The Balaban J connectivity index is 1.92. The molecule has 3 aromatic rings. The quantitative estimate of drug-likeness (QED) is 0.418. The van der Waals surface area contributed by atoms with Crippen LogP contribution in [0.2, 0.25) is 0 Å². The molecule has 0 aliphatic rings. The number of rotatable bonds is 6. The average Bonchev–Trinajstić information content (AvgIpc) is 2.66. The van der Waals surface area contributed by atoms with Gasteiger partial charge in [-0.15, -0.1) is 0 Å². The number of aryl methyl sites for hydroxylation is 1. The van der Waals surface area contributed by atoms with Crippen LogP contribution in [0.3, 0.4) is 0 Å². The van der Waals surface area contributed by atoms with Gasteiger partial charge in [0.05, 0.1) is 4.92 Å². The molecule has 2 aromatic carbocycles. The third-order valence-electron chi connectivity index (χ3n) is 4.33. The lowest BCUT2D eigenvalue weighted by Crippen LogP contribution is -2.07. The van der Waals surface area contributed by atoms with E-state index in [1.165, 1.54) is 13.3 Å². The van der Waals surface area contributed by atoms with Crippen LogP contribution >= 0.6 is 0 Å². The number of hydrogen-bond acceptors (Lipinski definition) is 7. The molecule has 0 aliphatic heterocycles. The predicted molar refractivity (Wildman–Crippen MR) is 112 cm³/mol. The van der Waals surface area contributed by atoms with E-state index in [4.69, 9.17) is 0 Å². The Kier molecular flexibility index (Phi) is 5.68. The Morgan fingerprint density at radius 1 is 0.966 bits per heavy atom. The molecule has 0 fully saturated rings.